The Morgan fingerprint density at radius 2 is 1.00 bits per heavy atom. The Morgan fingerprint density at radius 1 is 0.611 bits per heavy atom. The van der Waals surface area contributed by atoms with E-state index in [2.05, 4.69) is 119 Å². The minimum atomic E-state index is 0. The van der Waals surface area contributed by atoms with Crippen LogP contribution in [0.4, 0.5) is 5.69 Å². The molecule has 3 aromatic carbocycles. The highest BCUT2D eigenvalue weighted by atomic mass is 35.5. The lowest BCUT2D eigenvalue weighted by Crippen LogP contribution is -2.27. The molecule has 0 spiro atoms. The van der Waals surface area contributed by atoms with Gasteiger partial charge in [-0.05, 0) is 95.7 Å². The first-order valence-corrected chi connectivity index (χ1v) is 12.2. The van der Waals surface area contributed by atoms with Crippen LogP contribution in [0.5, 0.6) is 0 Å². The summed E-state index contributed by atoms with van der Waals surface area (Å²) in [5, 5.41) is 0. The van der Waals surface area contributed by atoms with Gasteiger partial charge >= 0.3 is 0 Å². The SMILES string of the molecule is CC(=Nc1c(C)cccc1C)N=c1n(-c2c(C)cc(C)cc2C)ccn1-c1c(C)cc(C)cc1C.Cl. The lowest BCUT2D eigenvalue weighted by molar-refractivity contribution is 0.852. The number of amidine groups is 1. The van der Waals surface area contributed by atoms with Gasteiger partial charge in [0.15, 0.2) is 0 Å². The van der Waals surface area contributed by atoms with Gasteiger partial charge in [-0.25, -0.2) is 4.99 Å². The van der Waals surface area contributed by atoms with E-state index in [1.54, 1.807) is 0 Å². The minimum Gasteiger partial charge on any atom is -0.285 e. The van der Waals surface area contributed by atoms with Crippen molar-refractivity contribution in [1.29, 1.82) is 0 Å². The Kier molecular flexibility index (Phi) is 8.10. The zero-order valence-corrected chi connectivity index (χ0v) is 23.7. The van der Waals surface area contributed by atoms with E-state index in [0.29, 0.717) is 0 Å². The second kappa shape index (κ2) is 10.7. The number of halogens is 1. The molecule has 1 heterocycles. The Morgan fingerprint density at radius 3 is 1.39 bits per heavy atom. The molecule has 4 nitrogen and oxygen atoms in total. The van der Waals surface area contributed by atoms with Crippen LogP contribution in [0.1, 0.15) is 51.4 Å². The summed E-state index contributed by atoms with van der Waals surface area (Å²) in [6, 6.07) is 15.2. The maximum atomic E-state index is 5.13. The molecule has 0 aliphatic carbocycles. The largest absolute Gasteiger partial charge is 0.285 e. The van der Waals surface area contributed by atoms with Crippen molar-refractivity contribution in [2.24, 2.45) is 9.98 Å². The van der Waals surface area contributed by atoms with Gasteiger partial charge in [-0.15, -0.1) is 12.4 Å². The van der Waals surface area contributed by atoms with Crippen molar-refractivity contribution in [3.63, 3.8) is 0 Å². The van der Waals surface area contributed by atoms with Gasteiger partial charge in [-0.2, -0.15) is 4.99 Å². The predicted octanol–water partition coefficient (Wildman–Crippen LogP) is 7.81. The van der Waals surface area contributed by atoms with Crippen LogP contribution in [-0.4, -0.2) is 15.0 Å². The highest BCUT2D eigenvalue weighted by Gasteiger charge is 2.14. The Hall–Kier alpha value is -3.37. The molecule has 4 aromatic rings. The molecule has 0 bridgehead atoms. The fourth-order valence-corrected chi connectivity index (χ4v) is 5.26. The van der Waals surface area contributed by atoms with Crippen LogP contribution in [0, 0.1) is 55.4 Å². The number of benzene rings is 3. The summed E-state index contributed by atoms with van der Waals surface area (Å²) >= 11 is 0. The van der Waals surface area contributed by atoms with Crippen LogP contribution >= 0.6 is 12.4 Å². The topological polar surface area (TPSA) is 34.6 Å². The lowest BCUT2D eigenvalue weighted by atomic mass is 10.0. The second-order valence-electron chi connectivity index (χ2n) is 9.84. The van der Waals surface area contributed by atoms with Crippen molar-refractivity contribution in [1.82, 2.24) is 9.13 Å². The van der Waals surface area contributed by atoms with Crippen molar-refractivity contribution in [2.45, 2.75) is 62.3 Å². The molecule has 0 saturated heterocycles. The molecule has 0 fully saturated rings. The van der Waals surface area contributed by atoms with E-state index in [1.165, 1.54) is 33.4 Å². The first-order valence-electron chi connectivity index (χ1n) is 12.2. The summed E-state index contributed by atoms with van der Waals surface area (Å²) in [4.78, 5) is 10.1. The van der Waals surface area contributed by atoms with Crippen molar-refractivity contribution in [2.75, 3.05) is 0 Å². The molecular weight excluding hydrogens is 464 g/mol. The fourth-order valence-electron chi connectivity index (χ4n) is 5.26. The first kappa shape index (κ1) is 27.2. The molecule has 5 heteroatoms. The van der Waals surface area contributed by atoms with Crippen LogP contribution in [0.2, 0.25) is 0 Å². The number of imidazole rings is 1. The van der Waals surface area contributed by atoms with Crippen molar-refractivity contribution in [3.05, 3.63) is 105 Å². The van der Waals surface area contributed by atoms with Crippen molar-refractivity contribution < 1.29 is 0 Å². The van der Waals surface area contributed by atoms with Crippen LogP contribution in [0.25, 0.3) is 11.4 Å². The number of rotatable bonds is 3. The van der Waals surface area contributed by atoms with Gasteiger partial charge in [0, 0.05) is 12.4 Å². The number of aliphatic imine (C=N–C) groups is 1. The van der Waals surface area contributed by atoms with E-state index in [9.17, 15) is 0 Å². The molecule has 188 valence electrons. The second-order valence-corrected chi connectivity index (χ2v) is 9.84. The average Bonchev–Trinajstić information content (AvgIpc) is 3.12. The first-order chi connectivity index (χ1) is 16.6. The number of aromatic nitrogens is 2. The monoisotopic (exact) mass is 500 g/mol. The van der Waals surface area contributed by atoms with Crippen molar-refractivity contribution >= 4 is 23.9 Å². The van der Waals surface area contributed by atoms with Gasteiger partial charge in [0.05, 0.1) is 17.1 Å². The molecule has 0 saturated carbocycles. The fraction of sp³-hybridized carbons (Fsp3) is 0.290. The lowest BCUT2D eigenvalue weighted by Gasteiger charge is -2.15. The summed E-state index contributed by atoms with van der Waals surface area (Å²) in [5.41, 5.74) is 13.9. The van der Waals surface area contributed by atoms with E-state index in [0.717, 1.165) is 39.6 Å². The van der Waals surface area contributed by atoms with Gasteiger partial charge < -0.3 is 0 Å². The third-order valence-electron chi connectivity index (χ3n) is 6.52. The van der Waals surface area contributed by atoms with E-state index >= 15 is 0 Å². The highest BCUT2D eigenvalue weighted by molar-refractivity contribution is 5.85. The zero-order valence-electron chi connectivity index (χ0n) is 22.9. The van der Waals surface area contributed by atoms with E-state index in [4.69, 9.17) is 9.98 Å². The normalized spacial score (nSPS) is 11.4. The minimum absolute atomic E-state index is 0. The molecule has 36 heavy (non-hydrogen) atoms. The third-order valence-corrected chi connectivity index (χ3v) is 6.52. The molecular formula is C31H37ClN4. The number of hydrogen-bond donors (Lipinski definition) is 0. The highest BCUT2D eigenvalue weighted by Crippen LogP contribution is 2.25. The predicted molar refractivity (Wildman–Crippen MR) is 155 cm³/mol. The van der Waals surface area contributed by atoms with E-state index < -0.39 is 0 Å². The molecule has 0 amide bonds. The Labute approximate surface area is 221 Å². The summed E-state index contributed by atoms with van der Waals surface area (Å²) in [5.74, 6) is 0.723. The number of aryl methyl sites for hydroxylation is 8. The Balaban J connectivity index is 0.00000361. The number of hydrogen-bond acceptors (Lipinski definition) is 1. The average molecular weight is 501 g/mol. The van der Waals surface area contributed by atoms with Gasteiger partial charge in [0.1, 0.15) is 5.84 Å². The van der Waals surface area contributed by atoms with Gasteiger partial charge in [0.25, 0.3) is 0 Å². The molecule has 1 aromatic heterocycles. The third kappa shape index (κ3) is 5.24. The summed E-state index contributed by atoms with van der Waals surface area (Å²) in [6.07, 6.45) is 4.24. The van der Waals surface area contributed by atoms with Crippen LogP contribution in [-0.2, 0) is 0 Å². The number of para-hydroxylation sites is 1. The van der Waals surface area contributed by atoms with Crippen molar-refractivity contribution in [3.8, 4) is 11.4 Å². The standard InChI is InChI=1S/C31H36N4.ClH/c1-19-15-23(5)29(24(6)16-19)34-13-14-35(30-25(7)17-20(2)18-26(30)8)31(34)33-27(9)32-28-21(3)11-10-12-22(28)4;/h10-18H,1-9H3;1H. The maximum Gasteiger partial charge on any atom is 0.220 e. The van der Waals surface area contributed by atoms with Gasteiger partial charge in [-0.1, -0.05) is 53.6 Å². The van der Waals surface area contributed by atoms with Gasteiger partial charge in [0.2, 0.25) is 5.62 Å². The van der Waals surface area contributed by atoms with Gasteiger partial charge in [-0.3, -0.25) is 9.13 Å². The summed E-state index contributed by atoms with van der Waals surface area (Å²) in [6.45, 7) is 19.1. The number of nitrogens with zero attached hydrogens (tertiary/aromatic N) is 4. The maximum absolute atomic E-state index is 5.13. The zero-order chi connectivity index (χ0) is 25.4. The molecule has 0 atom stereocenters. The molecule has 4 rings (SSSR count). The van der Waals surface area contributed by atoms with E-state index in [1.807, 2.05) is 6.92 Å². The van der Waals surface area contributed by atoms with E-state index in [-0.39, 0.29) is 12.4 Å². The molecule has 0 radical (unpaired) electrons. The summed E-state index contributed by atoms with van der Waals surface area (Å²) < 4.78 is 4.40. The molecule has 0 N–H and O–H groups in total. The quantitative estimate of drug-likeness (QED) is 0.203. The summed E-state index contributed by atoms with van der Waals surface area (Å²) in [7, 11) is 0. The molecule has 0 aliphatic rings. The van der Waals surface area contributed by atoms with Crippen LogP contribution in [0.15, 0.2) is 64.8 Å². The van der Waals surface area contributed by atoms with Crippen LogP contribution in [0.3, 0.4) is 0 Å². The van der Waals surface area contributed by atoms with Crippen LogP contribution < -0.4 is 5.62 Å². The smallest absolute Gasteiger partial charge is 0.220 e. The molecule has 0 aliphatic heterocycles. The molecule has 0 unspecified atom stereocenters. The Bertz CT molecular complexity index is 1390.